The minimum atomic E-state index is -0.699. The lowest BCUT2D eigenvalue weighted by Gasteiger charge is -2.21. The number of amidine groups is 1. The summed E-state index contributed by atoms with van der Waals surface area (Å²) >= 11 is 1.52. The average Bonchev–Trinajstić information content (AvgIpc) is 2.83. The summed E-state index contributed by atoms with van der Waals surface area (Å²) in [6.07, 6.45) is 7.03. The molecule has 0 spiro atoms. The third-order valence-electron chi connectivity index (χ3n) is 4.98. The summed E-state index contributed by atoms with van der Waals surface area (Å²) in [7, 11) is 1.81. The zero-order valence-corrected chi connectivity index (χ0v) is 16.0. The highest BCUT2D eigenvalue weighted by atomic mass is 32.2. The molecule has 7 nitrogen and oxygen atoms in total. The second-order valence-electron chi connectivity index (χ2n) is 6.91. The number of non-ortho nitro benzene ring substituents is 1. The summed E-state index contributed by atoms with van der Waals surface area (Å²) in [5.74, 6) is -0.574. The Morgan fingerprint density at radius 3 is 2.70 bits per heavy atom. The third kappa shape index (κ3) is 4.77. The molecule has 1 saturated carbocycles. The fraction of sp³-hybridized carbons (Fsp3) is 0.556. The number of hydrogen-bond donors (Lipinski definition) is 1. The summed E-state index contributed by atoms with van der Waals surface area (Å²) in [5.41, 5.74) is -0.446. The molecular weight excluding hydrogens is 371 g/mol. The number of halogens is 1. The SMILES string of the molecule is CN1C(=NC2CCCCCC2)SCC1C(=O)Nc1cc([N+](=O)[O-])ccc1F. The van der Waals surface area contributed by atoms with Gasteiger partial charge in [-0.3, -0.25) is 19.9 Å². The predicted octanol–water partition coefficient (Wildman–Crippen LogP) is 3.80. The van der Waals surface area contributed by atoms with Crippen LogP contribution in [0.2, 0.25) is 0 Å². The van der Waals surface area contributed by atoms with Gasteiger partial charge >= 0.3 is 0 Å². The lowest BCUT2D eigenvalue weighted by atomic mass is 10.1. The van der Waals surface area contributed by atoms with Crippen molar-refractivity contribution in [2.24, 2.45) is 4.99 Å². The number of benzene rings is 1. The van der Waals surface area contributed by atoms with Crippen LogP contribution in [0.15, 0.2) is 23.2 Å². The highest BCUT2D eigenvalue weighted by Gasteiger charge is 2.34. The molecule has 1 aliphatic heterocycles. The van der Waals surface area contributed by atoms with E-state index in [2.05, 4.69) is 5.32 Å². The van der Waals surface area contributed by atoms with Gasteiger partial charge in [0.2, 0.25) is 5.91 Å². The molecule has 1 unspecified atom stereocenters. The van der Waals surface area contributed by atoms with Crippen molar-refractivity contribution in [2.75, 3.05) is 18.1 Å². The smallest absolute Gasteiger partial charge is 0.271 e. The Morgan fingerprint density at radius 2 is 2.04 bits per heavy atom. The molecule has 1 saturated heterocycles. The molecule has 1 aromatic rings. The van der Waals surface area contributed by atoms with E-state index in [1.165, 1.54) is 37.4 Å². The minimum absolute atomic E-state index is 0.179. The van der Waals surface area contributed by atoms with E-state index < -0.39 is 22.7 Å². The van der Waals surface area contributed by atoms with Gasteiger partial charge in [0.25, 0.3) is 5.69 Å². The number of thioether (sulfide) groups is 1. The summed E-state index contributed by atoms with van der Waals surface area (Å²) in [4.78, 5) is 29.5. The second-order valence-corrected chi connectivity index (χ2v) is 7.89. The van der Waals surface area contributed by atoms with Gasteiger partial charge < -0.3 is 10.2 Å². The van der Waals surface area contributed by atoms with Gasteiger partial charge in [-0.15, -0.1) is 0 Å². The van der Waals surface area contributed by atoms with Crippen LogP contribution >= 0.6 is 11.8 Å². The Labute approximate surface area is 161 Å². The summed E-state index contributed by atoms with van der Waals surface area (Å²) in [6, 6.07) is 2.90. The molecule has 1 aliphatic carbocycles. The van der Waals surface area contributed by atoms with E-state index >= 15 is 0 Å². The number of nitro benzene ring substituents is 1. The molecule has 1 aromatic carbocycles. The maximum absolute atomic E-state index is 13.9. The van der Waals surface area contributed by atoms with Crippen LogP contribution in [0.5, 0.6) is 0 Å². The Bertz CT molecular complexity index is 750. The number of anilines is 1. The van der Waals surface area contributed by atoms with E-state index in [9.17, 15) is 19.3 Å². The molecule has 27 heavy (non-hydrogen) atoms. The molecule has 1 N–H and O–H groups in total. The fourth-order valence-electron chi connectivity index (χ4n) is 3.36. The van der Waals surface area contributed by atoms with Gasteiger partial charge in [0.05, 0.1) is 16.7 Å². The largest absolute Gasteiger partial charge is 0.342 e. The monoisotopic (exact) mass is 394 g/mol. The Hall–Kier alpha value is -2.16. The number of aliphatic imine (C=N–C) groups is 1. The minimum Gasteiger partial charge on any atom is -0.342 e. The van der Waals surface area contributed by atoms with Gasteiger partial charge in [-0.2, -0.15) is 0 Å². The molecule has 1 heterocycles. The van der Waals surface area contributed by atoms with Crippen molar-refractivity contribution in [1.82, 2.24) is 4.90 Å². The number of nitro groups is 1. The maximum atomic E-state index is 13.9. The van der Waals surface area contributed by atoms with E-state index in [1.807, 2.05) is 11.9 Å². The quantitative estimate of drug-likeness (QED) is 0.477. The maximum Gasteiger partial charge on any atom is 0.271 e. The Balaban J connectivity index is 1.67. The molecule has 1 atom stereocenters. The molecule has 2 fully saturated rings. The van der Waals surface area contributed by atoms with Crippen LogP contribution in [0, 0.1) is 15.9 Å². The number of likely N-dealkylation sites (N-methyl/N-ethyl adjacent to an activating group) is 1. The van der Waals surface area contributed by atoms with Crippen molar-refractivity contribution in [3.8, 4) is 0 Å². The van der Waals surface area contributed by atoms with Crippen molar-refractivity contribution in [3.63, 3.8) is 0 Å². The van der Waals surface area contributed by atoms with E-state index in [1.54, 1.807) is 0 Å². The first-order chi connectivity index (χ1) is 13.0. The van der Waals surface area contributed by atoms with E-state index in [4.69, 9.17) is 4.99 Å². The molecular formula is C18H23FN4O3S. The molecule has 1 amide bonds. The van der Waals surface area contributed by atoms with Crippen molar-refractivity contribution >= 4 is 34.2 Å². The average molecular weight is 394 g/mol. The van der Waals surface area contributed by atoms with Crippen LogP contribution in [0.4, 0.5) is 15.8 Å². The number of nitrogens with one attached hydrogen (secondary N) is 1. The lowest BCUT2D eigenvalue weighted by molar-refractivity contribution is -0.384. The molecule has 0 aromatic heterocycles. The first-order valence-corrected chi connectivity index (χ1v) is 10.1. The molecule has 2 aliphatic rings. The van der Waals surface area contributed by atoms with Gasteiger partial charge in [0.15, 0.2) is 5.17 Å². The van der Waals surface area contributed by atoms with Crippen LogP contribution < -0.4 is 5.32 Å². The van der Waals surface area contributed by atoms with Gasteiger partial charge in [-0.1, -0.05) is 37.4 Å². The standard InChI is InChI=1S/C18H23FN4O3S/c1-22-16(11-27-18(22)20-12-6-4-2-3-5-7-12)17(24)21-15-10-13(23(25)26)8-9-14(15)19/h8-10,12,16H,2-7,11H2,1H3,(H,21,24). The number of amides is 1. The Morgan fingerprint density at radius 1 is 1.33 bits per heavy atom. The van der Waals surface area contributed by atoms with E-state index in [0.29, 0.717) is 11.8 Å². The van der Waals surface area contributed by atoms with Crippen LogP contribution in [-0.4, -0.2) is 45.8 Å². The van der Waals surface area contributed by atoms with Crippen LogP contribution in [0.1, 0.15) is 38.5 Å². The normalized spacial score (nSPS) is 22.7. The molecule has 0 radical (unpaired) electrons. The van der Waals surface area contributed by atoms with Crippen molar-refractivity contribution < 1.29 is 14.1 Å². The highest BCUT2D eigenvalue weighted by molar-refractivity contribution is 8.14. The zero-order chi connectivity index (χ0) is 19.4. The molecule has 9 heteroatoms. The molecule has 0 bridgehead atoms. The topological polar surface area (TPSA) is 87.8 Å². The van der Waals surface area contributed by atoms with Gasteiger partial charge in [0, 0.05) is 24.9 Å². The number of hydrogen-bond acceptors (Lipinski definition) is 5. The van der Waals surface area contributed by atoms with Crippen LogP contribution in [-0.2, 0) is 4.79 Å². The first kappa shape index (κ1) is 19.6. The van der Waals surface area contributed by atoms with Crippen molar-refractivity contribution in [3.05, 3.63) is 34.1 Å². The molecule has 3 rings (SSSR count). The zero-order valence-electron chi connectivity index (χ0n) is 15.2. The number of carbonyl (C=O) groups excluding carboxylic acids is 1. The van der Waals surface area contributed by atoms with E-state index in [0.717, 1.165) is 36.2 Å². The van der Waals surface area contributed by atoms with Crippen molar-refractivity contribution in [2.45, 2.75) is 50.6 Å². The van der Waals surface area contributed by atoms with Crippen LogP contribution in [0.3, 0.4) is 0 Å². The number of nitrogens with zero attached hydrogens (tertiary/aromatic N) is 3. The molecule has 146 valence electrons. The Kier molecular flexibility index (Phi) is 6.30. The van der Waals surface area contributed by atoms with Gasteiger partial charge in [-0.05, 0) is 18.9 Å². The van der Waals surface area contributed by atoms with Crippen molar-refractivity contribution in [1.29, 1.82) is 0 Å². The van der Waals surface area contributed by atoms with Crippen LogP contribution in [0.25, 0.3) is 0 Å². The summed E-state index contributed by atoms with van der Waals surface area (Å²) < 4.78 is 13.9. The first-order valence-electron chi connectivity index (χ1n) is 9.14. The number of carbonyl (C=O) groups is 1. The second kappa shape index (κ2) is 8.69. The summed E-state index contributed by atoms with van der Waals surface area (Å²) in [6.45, 7) is 0. The lowest BCUT2D eigenvalue weighted by Crippen LogP contribution is -2.40. The highest BCUT2D eigenvalue weighted by Crippen LogP contribution is 2.28. The van der Waals surface area contributed by atoms with E-state index in [-0.39, 0.29) is 11.4 Å². The fourth-order valence-corrected chi connectivity index (χ4v) is 4.60. The third-order valence-corrected chi connectivity index (χ3v) is 6.11. The summed E-state index contributed by atoms with van der Waals surface area (Å²) in [5, 5.41) is 14.2. The van der Waals surface area contributed by atoms with Gasteiger partial charge in [0.1, 0.15) is 11.9 Å². The number of rotatable bonds is 4. The predicted molar refractivity (Wildman–Crippen MR) is 105 cm³/mol. The van der Waals surface area contributed by atoms with Gasteiger partial charge in [-0.25, -0.2) is 4.39 Å².